The predicted octanol–water partition coefficient (Wildman–Crippen LogP) is 4.23. The van der Waals surface area contributed by atoms with Crippen molar-refractivity contribution in [1.82, 2.24) is 19.7 Å². The van der Waals surface area contributed by atoms with E-state index in [1.165, 1.54) is 17.5 Å². The van der Waals surface area contributed by atoms with Gasteiger partial charge in [0, 0.05) is 0 Å². The molecule has 2 heterocycles. The number of aromatic nitrogens is 4. The van der Waals surface area contributed by atoms with Gasteiger partial charge in [-0.15, -0.1) is 0 Å². The Morgan fingerprint density at radius 1 is 0.885 bits per heavy atom. The van der Waals surface area contributed by atoms with Gasteiger partial charge in [-0.2, -0.15) is 5.10 Å². The molecule has 0 aliphatic carbocycles. The summed E-state index contributed by atoms with van der Waals surface area (Å²) in [5.74, 6) is 1.91. The van der Waals surface area contributed by atoms with Crippen molar-refractivity contribution in [3.8, 4) is 23.1 Å². The van der Waals surface area contributed by atoms with Crippen molar-refractivity contribution in [3.63, 3.8) is 0 Å². The van der Waals surface area contributed by atoms with Gasteiger partial charge in [-0.1, -0.05) is 6.07 Å². The van der Waals surface area contributed by atoms with Gasteiger partial charge in [0.25, 0.3) is 0 Å². The number of rotatable bonds is 4. The van der Waals surface area contributed by atoms with E-state index in [4.69, 9.17) is 9.47 Å². The standard InChI is InChI=1S/C20H18N4O2/c1-13-4-5-15(10-14(13)2)24-19-18(11-23-24)20(22-12-21-19)26-17-8-6-16(25-3)7-9-17/h4-12H,1-3H3. The number of methoxy groups -OCH3 is 1. The van der Waals surface area contributed by atoms with Crippen molar-refractivity contribution in [2.75, 3.05) is 7.11 Å². The monoisotopic (exact) mass is 346 g/mol. The van der Waals surface area contributed by atoms with Gasteiger partial charge in [-0.25, -0.2) is 14.6 Å². The predicted molar refractivity (Wildman–Crippen MR) is 99.2 cm³/mol. The average molecular weight is 346 g/mol. The summed E-state index contributed by atoms with van der Waals surface area (Å²) in [6.07, 6.45) is 3.21. The van der Waals surface area contributed by atoms with Crippen molar-refractivity contribution in [3.05, 3.63) is 66.1 Å². The van der Waals surface area contributed by atoms with Crippen LogP contribution in [0.4, 0.5) is 0 Å². The summed E-state index contributed by atoms with van der Waals surface area (Å²) in [4.78, 5) is 8.65. The summed E-state index contributed by atoms with van der Waals surface area (Å²) >= 11 is 0. The van der Waals surface area contributed by atoms with E-state index < -0.39 is 0 Å². The Morgan fingerprint density at radius 2 is 1.65 bits per heavy atom. The normalized spacial score (nSPS) is 10.9. The highest BCUT2D eigenvalue weighted by molar-refractivity contribution is 5.81. The number of ether oxygens (including phenoxy) is 2. The minimum Gasteiger partial charge on any atom is -0.497 e. The second-order valence-electron chi connectivity index (χ2n) is 6.02. The topological polar surface area (TPSA) is 62.1 Å². The molecule has 0 aliphatic rings. The summed E-state index contributed by atoms with van der Waals surface area (Å²) in [7, 11) is 1.63. The molecule has 0 spiro atoms. The zero-order valence-electron chi connectivity index (χ0n) is 14.8. The van der Waals surface area contributed by atoms with Crippen LogP contribution in [-0.2, 0) is 0 Å². The molecular formula is C20H18N4O2. The summed E-state index contributed by atoms with van der Waals surface area (Å²) in [5, 5.41) is 5.23. The van der Waals surface area contributed by atoms with Gasteiger partial charge in [0.05, 0.1) is 19.0 Å². The fraction of sp³-hybridized carbons (Fsp3) is 0.150. The zero-order chi connectivity index (χ0) is 18.1. The van der Waals surface area contributed by atoms with Crippen LogP contribution in [0.1, 0.15) is 11.1 Å². The van der Waals surface area contributed by atoms with E-state index in [1.54, 1.807) is 18.0 Å². The Bertz CT molecular complexity index is 1070. The van der Waals surface area contributed by atoms with E-state index in [9.17, 15) is 0 Å². The minimum absolute atomic E-state index is 0.468. The minimum atomic E-state index is 0.468. The second kappa shape index (κ2) is 6.48. The fourth-order valence-corrected chi connectivity index (χ4v) is 2.71. The Labute approximate surface area is 151 Å². The lowest BCUT2D eigenvalue weighted by atomic mass is 10.1. The Morgan fingerprint density at radius 3 is 2.38 bits per heavy atom. The Kier molecular flexibility index (Phi) is 4.01. The molecule has 0 atom stereocenters. The van der Waals surface area contributed by atoms with Crippen LogP contribution < -0.4 is 9.47 Å². The Balaban J connectivity index is 1.73. The number of hydrogen-bond donors (Lipinski definition) is 0. The van der Waals surface area contributed by atoms with Gasteiger partial charge in [0.15, 0.2) is 5.65 Å². The van der Waals surface area contributed by atoms with Crippen LogP contribution >= 0.6 is 0 Å². The lowest BCUT2D eigenvalue weighted by Gasteiger charge is -2.08. The average Bonchev–Trinajstić information content (AvgIpc) is 3.10. The molecule has 6 nitrogen and oxygen atoms in total. The first-order chi connectivity index (χ1) is 12.7. The molecule has 6 heteroatoms. The summed E-state index contributed by atoms with van der Waals surface area (Å²) in [5.41, 5.74) is 4.10. The smallest absolute Gasteiger partial charge is 0.233 e. The first kappa shape index (κ1) is 16.1. The molecule has 4 aromatic rings. The van der Waals surface area contributed by atoms with Crippen molar-refractivity contribution in [2.45, 2.75) is 13.8 Å². The van der Waals surface area contributed by atoms with Gasteiger partial charge in [0.2, 0.25) is 5.88 Å². The molecule has 0 aliphatic heterocycles. The maximum absolute atomic E-state index is 5.92. The van der Waals surface area contributed by atoms with E-state index in [2.05, 4.69) is 41.0 Å². The van der Waals surface area contributed by atoms with E-state index >= 15 is 0 Å². The second-order valence-corrected chi connectivity index (χ2v) is 6.02. The molecule has 0 N–H and O–H groups in total. The van der Waals surface area contributed by atoms with Gasteiger partial charge in [-0.3, -0.25) is 0 Å². The molecule has 130 valence electrons. The number of hydrogen-bond acceptors (Lipinski definition) is 5. The first-order valence-corrected chi connectivity index (χ1v) is 8.24. The largest absolute Gasteiger partial charge is 0.497 e. The summed E-state index contributed by atoms with van der Waals surface area (Å²) < 4.78 is 12.9. The molecule has 26 heavy (non-hydrogen) atoms. The van der Waals surface area contributed by atoms with Crippen molar-refractivity contribution < 1.29 is 9.47 Å². The zero-order valence-corrected chi connectivity index (χ0v) is 14.8. The van der Waals surface area contributed by atoms with Gasteiger partial charge in [0.1, 0.15) is 23.2 Å². The van der Waals surface area contributed by atoms with Crippen LogP contribution in [0.25, 0.3) is 16.7 Å². The molecule has 0 bridgehead atoms. The molecule has 0 unspecified atom stereocenters. The van der Waals surface area contributed by atoms with Crippen molar-refractivity contribution in [2.24, 2.45) is 0 Å². The van der Waals surface area contributed by atoms with Crippen LogP contribution in [0.15, 0.2) is 55.0 Å². The van der Waals surface area contributed by atoms with Crippen molar-refractivity contribution in [1.29, 1.82) is 0 Å². The fourth-order valence-electron chi connectivity index (χ4n) is 2.71. The highest BCUT2D eigenvalue weighted by Gasteiger charge is 2.13. The van der Waals surface area contributed by atoms with Crippen LogP contribution in [0.2, 0.25) is 0 Å². The molecule has 2 aromatic carbocycles. The lowest BCUT2D eigenvalue weighted by molar-refractivity contribution is 0.412. The van der Waals surface area contributed by atoms with E-state index in [1.807, 2.05) is 30.3 Å². The van der Waals surface area contributed by atoms with Gasteiger partial charge >= 0.3 is 0 Å². The number of aryl methyl sites for hydroxylation is 2. The molecule has 2 aromatic heterocycles. The lowest BCUT2D eigenvalue weighted by Crippen LogP contribution is -1.99. The van der Waals surface area contributed by atoms with Crippen LogP contribution in [0.3, 0.4) is 0 Å². The molecule has 0 amide bonds. The number of fused-ring (bicyclic) bond motifs is 1. The first-order valence-electron chi connectivity index (χ1n) is 8.24. The molecule has 0 saturated heterocycles. The highest BCUT2D eigenvalue weighted by atomic mass is 16.5. The van der Waals surface area contributed by atoms with Gasteiger partial charge in [-0.05, 0) is 61.4 Å². The third-order valence-corrected chi connectivity index (χ3v) is 4.34. The third-order valence-electron chi connectivity index (χ3n) is 4.34. The van der Waals surface area contributed by atoms with Crippen LogP contribution in [0, 0.1) is 13.8 Å². The molecule has 0 fully saturated rings. The molecule has 0 radical (unpaired) electrons. The van der Waals surface area contributed by atoms with Crippen LogP contribution in [-0.4, -0.2) is 26.9 Å². The quantitative estimate of drug-likeness (QED) is 0.553. The molecular weight excluding hydrogens is 328 g/mol. The van der Waals surface area contributed by atoms with Gasteiger partial charge < -0.3 is 9.47 Å². The maximum Gasteiger partial charge on any atom is 0.233 e. The van der Waals surface area contributed by atoms with E-state index in [-0.39, 0.29) is 0 Å². The summed E-state index contributed by atoms with van der Waals surface area (Å²) in [6.45, 7) is 4.17. The van der Waals surface area contributed by atoms with Crippen molar-refractivity contribution >= 4 is 11.0 Å². The maximum atomic E-state index is 5.92. The summed E-state index contributed by atoms with van der Waals surface area (Å²) in [6, 6.07) is 13.5. The van der Waals surface area contributed by atoms with E-state index in [0.29, 0.717) is 17.3 Å². The highest BCUT2D eigenvalue weighted by Crippen LogP contribution is 2.28. The number of nitrogens with zero attached hydrogens (tertiary/aromatic N) is 4. The number of benzene rings is 2. The van der Waals surface area contributed by atoms with Crippen LogP contribution in [0.5, 0.6) is 17.4 Å². The Hall–Kier alpha value is -3.41. The molecule has 4 rings (SSSR count). The molecule has 0 saturated carbocycles. The third kappa shape index (κ3) is 2.86. The van der Waals surface area contributed by atoms with E-state index in [0.717, 1.165) is 16.8 Å². The SMILES string of the molecule is COc1ccc(Oc2ncnc3c2cnn3-c2ccc(C)c(C)c2)cc1.